The number of hydrogen-bond acceptors (Lipinski definition) is 15. The number of methoxy groups -OCH3 is 1. The van der Waals surface area contributed by atoms with Gasteiger partial charge in [0.2, 0.25) is 12.2 Å². The number of benzene rings is 3. The first kappa shape index (κ1) is 41.9. The van der Waals surface area contributed by atoms with Gasteiger partial charge in [-0.15, -0.1) is 0 Å². The van der Waals surface area contributed by atoms with E-state index < -0.39 is 98.5 Å². The predicted molar refractivity (Wildman–Crippen MR) is 191 cm³/mol. The Kier molecular flexibility index (Phi) is 14.2. The van der Waals surface area contributed by atoms with Crippen molar-refractivity contribution in [3.63, 3.8) is 0 Å². The zero-order valence-electron chi connectivity index (χ0n) is 30.2. The van der Waals surface area contributed by atoms with Crippen molar-refractivity contribution < 1.29 is 74.1 Å². The fourth-order valence-corrected chi connectivity index (χ4v) is 6.37. The first-order valence-corrected chi connectivity index (χ1v) is 17.6. The summed E-state index contributed by atoms with van der Waals surface area (Å²) in [4.78, 5) is 25.0. The largest absolute Gasteiger partial charge is 0.497 e. The van der Waals surface area contributed by atoms with Crippen molar-refractivity contribution in [2.45, 2.75) is 86.8 Å². The van der Waals surface area contributed by atoms with Gasteiger partial charge in [-0.25, -0.2) is 4.79 Å². The van der Waals surface area contributed by atoms with E-state index >= 15 is 0 Å². The molecule has 0 unspecified atom stereocenters. The molecule has 11 atom stereocenters. The number of aliphatic hydroxyl groups is 7. The number of carbonyl (C=O) groups excluding carboxylic acids is 1. The van der Waals surface area contributed by atoms with Gasteiger partial charge in [0.1, 0.15) is 54.7 Å². The van der Waals surface area contributed by atoms with E-state index in [1.807, 2.05) is 55.5 Å². The van der Waals surface area contributed by atoms with Gasteiger partial charge < -0.3 is 75.2 Å². The second-order valence-corrected chi connectivity index (χ2v) is 13.5. The number of carbonyl (C=O) groups is 2. The van der Waals surface area contributed by atoms with Crippen LogP contribution in [0.1, 0.15) is 17.5 Å². The molecule has 0 saturated carbocycles. The van der Waals surface area contributed by atoms with E-state index in [9.17, 15) is 50.4 Å². The highest BCUT2D eigenvalue weighted by Crippen LogP contribution is 2.35. The molecule has 0 spiro atoms. The zero-order chi connectivity index (χ0) is 39.9. The molecule has 17 nitrogen and oxygen atoms in total. The molecule has 0 radical (unpaired) electrons. The summed E-state index contributed by atoms with van der Waals surface area (Å²) in [5.41, 5.74) is 4.05. The van der Waals surface area contributed by atoms with E-state index in [1.54, 1.807) is 12.1 Å². The van der Waals surface area contributed by atoms with Gasteiger partial charge in [-0.2, -0.15) is 0 Å². The van der Waals surface area contributed by atoms with Crippen molar-refractivity contribution in [1.29, 1.82) is 0 Å². The Morgan fingerprint density at radius 2 is 1.51 bits per heavy atom. The van der Waals surface area contributed by atoms with Crippen molar-refractivity contribution in [3.05, 3.63) is 83.9 Å². The molecule has 17 heteroatoms. The predicted octanol–water partition coefficient (Wildman–Crippen LogP) is -1.21. The summed E-state index contributed by atoms with van der Waals surface area (Å²) in [6, 6.07) is 20.4. The molecule has 0 aromatic heterocycles. The number of amides is 1. The summed E-state index contributed by atoms with van der Waals surface area (Å²) < 4.78 is 27.9. The fraction of sp³-hybridized carbons (Fsp3) is 0.474. The second kappa shape index (κ2) is 18.6. The molecule has 300 valence electrons. The van der Waals surface area contributed by atoms with Crippen molar-refractivity contribution in [2.75, 3.05) is 26.9 Å². The van der Waals surface area contributed by atoms with Crippen molar-refractivity contribution in [3.8, 4) is 22.6 Å². The summed E-state index contributed by atoms with van der Waals surface area (Å²) in [6.07, 6.45) is -16.5. The highest BCUT2D eigenvalue weighted by atomic mass is 16.7. The number of nitrogens with one attached hydrogen (secondary N) is 2. The standard InChI is InChI=1S/C38H48N2O15/c1-20-3-7-22(8-4-20)23-9-5-21(6-10-23)16-39-17-27(43)31(45)35-30(40-29(44)18-41)26(42)15-38(55-35,37(49)50)52-19-28-32(46)33(47)34(48)36(54-28)53-25-13-11-24(51-2)12-14-25/h3-14,26-28,30-36,39,41-43,45-48H,15-19H2,1-2H3,(H,40,44)(H,49,50)/t26-,27+,28+,30+,31+,32-,33-,34+,35+,36+,38+/m0/s1. The van der Waals surface area contributed by atoms with Gasteiger partial charge in [0.25, 0.3) is 5.79 Å². The topological polar surface area (TPSA) is 266 Å². The number of aliphatic hydroxyl groups excluding tert-OH is 7. The summed E-state index contributed by atoms with van der Waals surface area (Å²) >= 11 is 0. The quantitative estimate of drug-likeness (QED) is 0.0819. The lowest BCUT2D eigenvalue weighted by Crippen LogP contribution is -2.69. The summed E-state index contributed by atoms with van der Waals surface area (Å²) in [7, 11) is 1.47. The number of aryl methyl sites for hydroxylation is 1. The molecule has 10 N–H and O–H groups in total. The average molecular weight is 773 g/mol. The van der Waals surface area contributed by atoms with Crippen LogP contribution in [0.15, 0.2) is 72.8 Å². The van der Waals surface area contributed by atoms with Gasteiger partial charge in [-0.3, -0.25) is 4.79 Å². The maximum atomic E-state index is 12.8. The Hall–Kier alpha value is -4.24. The van der Waals surface area contributed by atoms with Gasteiger partial charge >= 0.3 is 5.97 Å². The maximum absolute atomic E-state index is 12.8. The molecule has 55 heavy (non-hydrogen) atoms. The molecule has 2 heterocycles. The number of aliphatic carboxylic acids is 1. The van der Waals surface area contributed by atoms with Gasteiger partial charge in [-0.1, -0.05) is 54.1 Å². The molecular weight excluding hydrogens is 724 g/mol. The third-order valence-corrected chi connectivity index (χ3v) is 9.58. The van der Waals surface area contributed by atoms with Crippen LogP contribution in [0, 0.1) is 6.92 Å². The lowest BCUT2D eigenvalue weighted by atomic mass is 9.88. The minimum atomic E-state index is -2.76. The molecule has 2 aliphatic rings. The van der Waals surface area contributed by atoms with Crippen LogP contribution in [0.5, 0.6) is 11.5 Å². The van der Waals surface area contributed by atoms with E-state index in [4.69, 9.17) is 23.7 Å². The molecule has 5 rings (SSSR count). The minimum Gasteiger partial charge on any atom is -0.497 e. The number of hydrogen-bond donors (Lipinski definition) is 10. The average Bonchev–Trinajstić information content (AvgIpc) is 3.18. The van der Waals surface area contributed by atoms with Crippen LogP contribution in [-0.2, 0) is 30.3 Å². The molecule has 1 amide bonds. The number of carboxylic acids is 1. The van der Waals surface area contributed by atoms with Crippen LogP contribution in [-0.4, -0.2) is 147 Å². The van der Waals surface area contributed by atoms with E-state index in [1.165, 1.54) is 19.2 Å². The van der Waals surface area contributed by atoms with E-state index in [0.717, 1.165) is 22.3 Å². The molecule has 3 aromatic carbocycles. The Morgan fingerprint density at radius 3 is 2.11 bits per heavy atom. The Morgan fingerprint density at radius 1 is 0.891 bits per heavy atom. The Labute approximate surface area is 316 Å². The highest BCUT2D eigenvalue weighted by Gasteiger charge is 2.57. The van der Waals surface area contributed by atoms with Gasteiger partial charge in [0.15, 0.2) is 0 Å². The van der Waals surface area contributed by atoms with Crippen LogP contribution < -0.4 is 20.1 Å². The van der Waals surface area contributed by atoms with Crippen molar-refractivity contribution in [2.24, 2.45) is 0 Å². The lowest BCUT2D eigenvalue weighted by molar-refractivity contribution is -0.331. The zero-order valence-corrected chi connectivity index (χ0v) is 30.2. The number of rotatable bonds is 16. The molecule has 0 aliphatic carbocycles. The van der Waals surface area contributed by atoms with Crippen LogP contribution in [0.4, 0.5) is 0 Å². The first-order chi connectivity index (χ1) is 26.2. The van der Waals surface area contributed by atoms with E-state index in [2.05, 4.69) is 10.6 Å². The third-order valence-electron chi connectivity index (χ3n) is 9.58. The molecule has 3 aromatic rings. The third kappa shape index (κ3) is 10.1. The molecular formula is C38H48N2O15. The lowest BCUT2D eigenvalue weighted by Gasteiger charge is -2.47. The Bertz CT molecular complexity index is 1700. The van der Waals surface area contributed by atoms with Crippen molar-refractivity contribution >= 4 is 11.9 Å². The summed E-state index contributed by atoms with van der Waals surface area (Å²) in [5, 5.41) is 90.3. The maximum Gasteiger partial charge on any atom is 0.364 e. The second-order valence-electron chi connectivity index (χ2n) is 13.5. The molecule has 2 saturated heterocycles. The monoisotopic (exact) mass is 772 g/mol. The van der Waals surface area contributed by atoms with E-state index in [-0.39, 0.29) is 18.8 Å². The van der Waals surface area contributed by atoms with Gasteiger partial charge in [-0.05, 0) is 47.9 Å². The SMILES string of the molecule is COc1ccc(O[C@@H]2O[C@H](CO[C@]3(C(=O)O)C[C@H](O)[C@@H](NC(=O)CO)[C@H]([C@H](O)[C@H](O)CNCc4ccc(-c5ccc(C)cc5)cc4)O3)[C@H](O)[C@H](O)[C@H]2O)cc1. The van der Waals surface area contributed by atoms with Crippen LogP contribution in [0.2, 0.25) is 0 Å². The minimum absolute atomic E-state index is 0.200. The van der Waals surface area contributed by atoms with Crippen LogP contribution in [0.3, 0.4) is 0 Å². The van der Waals surface area contributed by atoms with Crippen molar-refractivity contribution in [1.82, 2.24) is 10.6 Å². The summed E-state index contributed by atoms with van der Waals surface area (Å²) in [5.74, 6) is -4.81. The Balaban J connectivity index is 1.26. The highest BCUT2D eigenvalue weighted by molar-refractivity contribution is 5.78. The van der Waals surface area contributed by atoms with Crippen LogP contribution in [0.25, 0.3) is 11.1 Å². The normalized spacial score (nSPS) is 29.2. The summed E-state index contributed by atoms with van der Waals surface area (Å²) in [6.45, 7) is 0.215. The van der Waals surface area contributed by atoms with Gasteiger partial charge in [0, 0.05) is 19.5 Å². The number of carboxylic acid groups (broad SMARTS) is 1. The fourth-order valence-electron chi connectivity index (χ4n) is 6.37. The molecule has 2 fully saturated rings. The van der Waals surface area contributed by atoms with E-state index in [0.29, 0.717) is 5.75 Å². The smallest absolute Gasteiger partial charge is 0.364 e. The van der Waals surface area contributed by atoms with Gasteiger partial charge in [0.05, 0.1) is 32.0 Å². The molecule has 2 aliphatic heterocycles. The molecule has 0 bridgehead atoms. The first-order valence-electron chi connectivity index (χ1n) is 17.6. The number of ether oxygens (including phenoxy) is 5. The van der Waals surface area contributed by atoms with Crippen LogP contribution >= 0.6 is 0 Å².